The van der Waals surface area contributed by atoms with E-state index in [4.69, 9.17) is 26.5 Å². The predicted molar refractivity (Wildman–Crippen MR) is 23.3 cm³/mol. The van der Waals surface area contributed by atoms with Crippen LogP contribution in [0.4, 0.5) is 0 Å². The largest absolute Gasteiger partial charge is 0 e. The maximum absolute atomic E-state index is 4.99. The molecule has 0 aromatic carbocycles. The molecule has 0 heterocycles. The monoisotopic (exact) mass is 285 g/mol. The van der Waals surface area contributed by atoms with Crippen LogP contribution in [0.25, 0.3) is 0 Å². The van der Waals surface area contributed by atoms with Crippen molar-refractivity contribution in [3.8, 4) is 0 Å². The van der Waals surface area contributed by atoms with Crippen molar-refractivity contribution in [2.24, 2.45) is 0 Å². The molecule has 0 atom stereocenters. The minimum absolute atomic E-state index is 0. The molecule has 0 aliphatic heterocycles. The SMILES string of the molecule is [Cl][Sb]([Cl])[Cl].[Co]. The Balaban J connectivity index is 0. The van der Waals surface area contributed by atoms with Gasteiger partial charge in [0.15, 0.2) is 0 Å². The predicted octanol–water partition coefficient (Wildman–Crippen LogP) is 1.69. The molecule has 0 rings (SSSR count). The Hall–Kier alpha value is 2.19. The van der Waals surface area contributed by atoms with Crippen LogP contribution in [-0.2, 0) is 16.8 Å². The molecule has 0 spiro atoms. The maximum Gasteiger partial charge on any atom is 0 e. The number of hydrogen-bond acceptors (Lipinski definition) is 0. The van der Waals surface area contributed by atoms with Crippen molar-refractivity contribution in [1.82, 2.24) is 0 Å². The van der Waals surface area contributed by atoms with E-state index in [2.05, 4.69) is 0 Å². The molecule has 35 valence electrons. The second kappa shape index (κ2) is 6.19. The fourth-order valence-electron chi connectivity index (χ4n) is 0. The molecule has 0 saturated heterocycles. The summed E-state index contributed by atoms with van der Waals surface area (Å²) in [6, 6.07) is 0. The van der Waals surface area contributed by atoms with E-state index < -0.39 is 16.8 Å². The Morgan fingerprint density at radius 3 is 1.00 bits per heavy atom. The standard InChI is InChI=1S/3ClH.Co.Sb/h3*1H;;/q;;;;+3/p-3. The summed E-state index contributed by atoms with van der Waals surface area (Å²) in [7, 11) is 15.0. The van der Waals surface area contributed by atoms with Crippen LogP contribution >= 0.6 is 26.5 Å². The van der Waals surface area contributed by atoms with Crippen LogP contribution in [0.3, 0.4) is 0 Å². The van der Waals surface area contributed by atoms with E-state index in [1.54, 1.807) is 0 Å². The molecule has 0 nitrogen and oxygen atoms in total. The van der Waals surface area contributed by atoms with Crippen molar-refractivity contribution in [2.45, 2.75) is 0 Å². The second-order valence-electron chi connectivity index (χ2n) is 0.192. The zero-order chi connectivity index (χ0) is 3.58. The van der Waals surface area contributed by atoms with E-state index in [1.807, 2.05) is 0 Å². The molecular formula is Cl3CoSb. The van der Waals surface area contributed by atoms with E-state index in [1.165, 1.54) is 0 Å². The molecule has 1 radical (unpaired) electrons. The van der Waals surface area contributed by atoms with Gasteiger partial charge in [-0.05, 0) is 0 Å². The average molecular weight is 287 g/mol. The molecule has 0 aliphatic carbocycles. The van der Waals surface area contributed by atoms with Crippen LogP contribution in [0.2, 0.25) is 0 Å². The van der Waals surface area contributed by atoms with Gasteiger partial charge in [-0.1, -0.05) is 0 Å². The van der Waals surface area contributed by atoms with Gasteiger partial charge in [0.2, 0.25) is 0 Å². The first-order chi connectivity index (χ1) is 1.73. The summed E-state index contributed by atoms with van der Waals surface area (Å²) in [5.41, 5.74) is 0. The van der Waals surface area contributed by atoms with Crippen molar-refractivity contribution >= 4 is 43.3 Å². The third-order valence-electron chi connectivity index (χ3n) is 0. The fourth-order valence-corrected chi connectivity index (χ4v) is 0. The molecule has 0 aliphatic rings. The number of hydrogen-bond donors (Lipinski definition) is 0. The Labute approximate surface area is 59.3 Å². The first kappa shape index (κ1) is 10.2. The Bertz CT molecular complexity index is 11.6. The van der Waals surface area contributed by atoms with Crippen molar-refractivity contribution in [3.05, 3.63) is 0 Å². The quantitative estimate of drug-likeness (QED) is 0.595. The van der Waals surface area contributed by atoms with Gasteiger partial charge in [0.1, 0.15) is 0 Å². The van der Waals surface area contributed by atoms with Gasteiger partial charge in [-0.25, -0.2) is 0 Å². The fraction of sp³-hybridized carbons (Fsp3) is 0. The molecular weight excluding hydrogens is 287 g/mol. The smallest absolute Gasteiger partial charge is 0 e. The van der Waals surface area contributed by atoms with Crippen molar-refractivity contribution in [1.29, 1.82) is 0 Å². The molecule has 0 saturated carbocycles. The van der Waals surface area contributed by atoms with Gasteiger partial charge in [-0.2, -0.15) is 0 Å². The van der Waals surface area contributed by atoms with E-state index in [-0.39, 0.29) is 16.8 Å². The Kier molecular flexibility index (Phi) is 12.7. The van der Waals surface area contributed by atoms with Gasteiger partial charge < -0.3 is 0 Å². The number of rotatable bonds is 0. The summed E-state index contributed by atoms with van der Waals surface area (Å²) in [5, 5.41) is 0. The maximum atomic E-state index is 4.99. The molecule has 0 amide bonds. The second-order valence-corrected chi connectivity index (χ2v) is 11.6. The molecule has 0 aromatic heterocycles. The third kappa shape index (κ3) is 22.6. The van der Waals surface area contributed by atoms with E-state index in [9.17, 15) is 0 Å². The van der Waals surface area contributed by atoms with Crippen LogP contribution in [0.1, 0.15) is 0 Å². The van der Waals surface area contributed by atoms with Crippen LogP contribution in [0, 0.1) is 0 Å². The summed E-state index contributed by atoms with van der Waals surface area (Å²) < 4.78 is 0. The van der Waals surface area contributed by atoms with Gasteiger partial charge in [0, 0.05) is 16.8 Å². The van der Waals surface area contributed by atoms with Gasteiger partial charge in [-0.3, -0.25) is 0 Å². The molecule has 0 fully saturated rings. The van der Waals surface area contributed by atoms with Crippen molar-refractivity contribution < 1.29 is 16.8 Å². The number of halogens is 3. The summed E-state index contributed by atoms with van der Waals surface area (Å²) in [5.74, 6) is 0. The summed E-state index contributed by atoms with van der Waals surface area (Å²) >= 11 is -2.03. The van der Waals surface area contributed by atoms with Gasteiger partial charge >= 0.3 is 43.3 Å². The van der Waals surface area contributed by atoms with E-state index in [0.717, 1.165) is 0 Å². The first-order valence-corrected chi connectivity index (χ1v) is 10.2. The van der Waals surface area contributed by atoms with Gasteiger partial charge in [0.05, 0.1) is 0 Å². The average Bonchev–Trinajstić information content (AvgIpc) is 0.811. The molecule has 0 aromatic rings. The van der Waals surface area contributed by atoms with Gasteiger partial charge in [-0.15, -0.1) is 0 Å². The third-order valence-corrected chi connectivity index (χ3v) is 0. The zero-order valence-corrected chi connectivity index (χ0v) is 7.78. The molecule has 5 heavy (non-hydrogen) atoms. The van der Waals surface area contributed by atoms with E-state index >= 15 is 0 Å². The topological polar surface area (TPSA) is 0 Å². The summed E-state index contributed by atoms with van der Waals surface area (Å²) in [4.78, 5) is 0. The Morgan fingerprint density at radius 2 is 1.00 bits per heavy atom. The summed E-state index contributed by atoms with van der Waals surface area (Å²) in [6.45, 7) is 0. The Morgan fingerprint density at radius 1 is 1.00 bits per heavy atom. The van der Waals surface area contributed by atoms with Crippen LogP contribution in [-0.4, -0.2) is 16.8 Å². The molecule has 0 unspecified atom stereocenters. The first-order valence-electron chi connectivity index (χ1n) is 0.507. The van der Waals surface area contributed by atoms with Crippen molar-refractivity contribution in [2.75, 3.05) is 0 Å². The van der Waals surface area contributed by atoms with Crippen LogP contribution in [0.15, 0.2) is 0 Å². The van der Waals surface area contributed by atoms with Crippen LogP contribution in [0.5, 0.6) is 0 Å². The minimum Gasteiger partial charge on any atom is 0 e. The summed E-state index contributed by atoms with van der Waals surface area (Å²) in [6.07, 6.45) is 0. The molecule has 0 bridgehead atoms. The van der Waals surface area contributed by atoms with Crippen LogP contribution < -0.4 is 0 Å². The van der Waals surface area contributed by atoms with E-state index in [0.29, 0.717) is 0 Å². The molecule has 5 heteroatoms. The van der Waals surface area contributed by atoms with Crippen molar-refractivity contribution in [3.63, 3.8) is 0 Å². The normalized spacial score (nSPS) is 7.20. The molecule has 0 N–H and O–H groups in total. The zero-order valence-electron chi connectivity index (χ0n) is 1.91. The van der Waals surface area contributed by atoms with Gasteiger partial charge in [0.25, 0.3) is 0 Å². The minimum atomic E-state index is -2.03.